The summed E-state index contributed by atoms with van der Waals surface area (Å²) in [6.07, 6.45) is 5.68. The fourth-order valence-corrected chi connectivity index (χ4v) is 2.99. The maximum Gasteiger partial charge on any atom is 0.147 e. The minimum atomic E-state index is -2.80. The second kappa shape index (κ2) is 7.34. The van der Waals surface area contributed by atoms with Crippen molar-refractivity contribution >= 4 is 9.84 Å². The second-order valence-corrected chi connectivity index (χ2v) is 7.26. The number of nitrogens with one attached hydrogen (secondary N) is 1. The molecule has 1 fully saturated rings. The van der Waals surface area contributed by atoms with Crippen molar-refractivity contribution < 1.29 is 8.42 Å². The van der Waals surface area contributed by atoms with Crippen LogP contribution in [0.5, 0.6) is 0 Å². The quantitative estimate of drug-likeness (QED) is 0.722. The number of likely N-dealkylation sites (tertiary alicyclic amines) is 1. The van der Waals surface area contributed by atoms with Crippen LogP contribution in [0.25, 0.3) is 0 Å². The van der Waals surface area contributed by atoms with Gasteiger partial charge in [-0.2, -0.15) is 0 Å². The highest BCUT2D eigenvalue weighted by molar-refractivity contribution is 7.90. The molecule has 102 valence electrons. The van der Waals surface area contributed by atoms with Gasteiger partial charge >= 0.3 is 0 Å². The molecule has 1 unspecified atom stereocenters. The molecule has 0 saturated carbocycles. The van der Waals surface area contributed by atoms with E-state index in [0.29, 0.717) is 11.8 Å². The van der Waals surface area contributed by atoms with Crippen LogP contribution in [0.2, 0.25) is 0 Å². The van der Waals surface area contributed by atoms with Crippen molar-refractivity contribution in [1.82, 2.24) is 10.2 Å². The zero-order valence-corrected chi connectivity index (χ0v) is 11.9. The number of hydrogen-bond acceptors (Lipinski definition) is 4. The zero-order chi connectivity index (χ0) is 12.7. The van der Waals surface area contributed by atoms with Crippen molar-refractivity contribution in [2.75, 3.05) is 38.2 Å². The van der Waals surface area contributed by atoms with Crippen molar-refractivity contribution in [3.05, 3.63) is 0 Å². The summed E-state index contributed by atoms with van der Waals surface area (Å²) in [6, 6.07) is 0.575. The highest BCUT2D eigenvalue weighted by Crippen LogP contribution is 2.10. The first-order chi connectivity index (χ1) is 8.01. The fourth-order valence-electron chi connectivity index (χ4n) is 2.32. The van der Waals surface area contributed by atoms with Gasteiger partial charge in [0.25, 0.3) is 0 Å². The van der Waals surface area contributed by atoms with Crippen molar-refractivity contribution in [2.45, 2.75) is 38.6 Å². The van der Waals surface area contributed by atoms with Crippen LogP contribution in [-0.2, 0) is 9.84 Å². The molecular formula is C12H26N2O2S. The fraction of sp³-hybridized carbons (Fsp3) is 1.00. The summed E-state index contributed by atoms with van der Waals surface area (Å²) in [5.74, 6) is 0.299. The van der Waals surface area contributed by atoms with E-state index in [1.165, 1.54) is 38.6 Å². The Morgan fingerprint density at radius 1 is 1.29 bits per heavy atom. The molecule has 0 aromatic rings. The second-order valence-electron chi connectivity index (χ2n) is 5.00. The molecule has 1 saturated heterocycles. The Morgan fingerprint density at radius 2 is 2.06 bits per heavy atom. The van der Waals surface area contributed by atoms with Gasteiger partial charge in [0.05, 0.1) is 5.75 Å². The van der Waals surface area contributed by atoms with E-state index in [1.807, 2.05) is 0 Å². The third-order valence-corrected chi connectivity index (χ3v) is 4.42. The molecule has 0 aromatic heterocycles. The molecule has 0 amide bonds. The molecule has 1 aliphatic heterocycles. The minimum absolute atomic E-state index is 0.299. The van der Waals surface area contributed by atoms with Crippen LogP contribution in [0, 0.1) is 0 Å². The van der Waals surface area contributed by atoms with E-state index in [9.17, 15) is 8.42 Å². The van der Waals surface area contributed by atoms with Gasteiger partial charge in [-0.15, -0.1) is 0 Å². The number of nitrogens with zero attached hydrogens (tertiary/aromatic N) is 1. The summed E-state index contributed by atoms with van der Waals surface area (Å²) < 4.78 is 22.0. The Morgan fingerprint density at radius 3 is 2.71 bits per heavy atom. The van der Waals surface area contributed by atoms with Gasteiger partial charge in [0.1, 0.15) is 9.84 Å². The molecule has 0 bridgehead atoms. The van der Waals surface area contributed by atoms with Crippen LogP contribution in [0.3, 0.4) is 0 Å². The van der Waals surface area contributed by atoms with Crippen LogP contribution >= 0.6 is 0 Å². The first-order valence-corrected chi connectivity index (χ1v) is 8.71. The molecule has 0 spiro atoms. The molecule has 1 heterocycles. The molecule has 1 aliphatic rings. The molecule has 4 nitrogen and oxygen atoms in total. The Kier molecular flexibility index (Phi) is 6.44. The van der Waals surface area contributed by atoms with E-state index < -0.39 is 9.84 Å². The monoisotopic (exact) mass is 262 g/mol. The Labute approximate surface area is 106 Å². The van der Waals surface area contributed by atoms with Crippen LogP contribution in [-0.4, -0.2) is 57.5 Å². The molecular weight excluding hydrogens is 236 g/mol. The van der Waals surface area contributed by atoms with E-state index in [4.69, 9.17) is 0 Å². The summed E-state index contributed by atoms with van der Waals surface area (Å²) in [4.78, 5) is 2.48. The molecule has 5 heteroatoms. The SMILES string of the molecule is CCN1CCCC(NCCCS(C)(=O)=O)CC1. The maximum atomic E-state index is 11.0. The van der Waals surface area contributed by atoms with E-state index in [0.717, 1.165) is 19.5 Å². The maximum absolute atomic E-state index is 11.0. The van der Waals surface area contributed by atoms with Crippen molar-refractivity contribution in [3.8, 4) is 0 Å². The largest absolute Gasteiger partial charge is 0.314 e. The van der Waals surface area contributed by atoms with Crippen LogP contribution in [0.15, 0.2) is 0 Å². The van der Waals surface area contributed by atoms with Gasteiger partial charge in [0.2, 0.25) is 0 Å². The van der Waals surface area contributed by atoms with Gasteiger partial charge in [0.15, 0.2) is 0 Å². The van der Waals surface area contributed by atoms with Gasteiger partial charge in [-0.05, 0) is 51.9 Å². The highest BCUT2D eigenvalue weighted by atomic mass is 32.2. The molecule has 0 radical (unpaired) electrons. The number of sulfone groups is 1. The summed E-state index contributed by atoms with van der Waals surface area (Å²) in [5.41, 5.74) is 0. The summed E-state index contributed by atoms with van der Waals surface area (Å²) in [7, 11) is -2.80. The van der Waals surface area contributed by atoms with Gasteiger partial charge < -0.3 is 10.2 Å². The zero-order valence-electron chi connectivity index (χ0n) is 11.1. The van der Waals surface area contributed by atoms with Crippen LogP contribution < -0.4 is 5.32 Å². The predicted octanol–water partition coefficient (Wildman–Crippen LogP) is 0.885. The molecule has 0 aliphatic carbocycles. The van der Waals surface area contributed by atoms with Crippen molar-refractivity contribution in [3.63, 3.8) is 0 Å². The lowest BCUT2D eigenvalue weighted by Crippen LogP contribution is -2.32. The van der Waals surface area contributed by atoms with Crippen molar-refractivity contribution in [2.24, 2.45) is 0 Å². The topological polar surface area (TPSA) is 49.4 Å². The van der Waals surface area contributed by atoms with Gasteiger partial charge in [-0.3, -0.25) is 0 Å². The van der Waals surface area contributed by atoms with Crippen LogP contribution in [0.1, 0.15) is 32.6 Å². The first kappa shape index (κ1) is 14.9. The summed E-state index contributed by atoms with van der Waals surface area (Å²) in [6.45, 7) is 6.54. The molecule has 1 atom stereocenters. The molecule has 17 heavy (non-hydrogen) atoms. The van der Waals surface area contributed by atoms with E-state index in [-0.39, 0.29) is 0 Å². The van der Waals surface area contributed by atoms with Crippen LogP contribution in [0.4, 0.5) is 0 Å². The number of hydrogen-bond donors (Lipinski definition) is 1. The Balaban J connectivity index is 2.15. The van der Waals surface area contributed by atoms with E-state index >= 15 is 0 Å². The standard InChI is InChI=1S/C12H26N2O2S/c1-3-14-9-4-6-12(7-10-14)13-8-5-11-17(2,15)16/h12-13H,3-11H2,1-2H3. The Hall–Kier alpha value is -0.130. The van der Waals surface area contributed by atoms with Gasteiger partial charge in [-0.1, -0.05) is 6.92 Å². The van der Waals surface area contributed by atoms with Gasteiger partial charge in [0, 0.05) is 12.3 Å². The molecule has 1 N–H and O–H groups in total. The summed E-state index contributed by atoms with van der Waals surface area (Å²) >= 11 is 0. The van der Waals surface area contributed by atoms with Crippen molar-refractivity contribution in [1.29, 1.82) is 0 Å². The normalized spacial score (nSPS) is 23.5. The number of rotatable bonds is 6. The third-order valence-electron chi connectivity index (χ3n) is 3.39. The van der Waals surface area contributed by atoms with E-state index in [2.05, 4.69) is 17.1 Å². The lowest BCUT2D eigenvalue weighted by atomic mass is 10.1. The first-order valence-electron chi connectivity index (χ1n) is 6.64. The third kappa shape index (κ3) is 7.01. The lowest BCUT2D eigenvalue weighted by Gasteiger charge is -2.18. The predicted molar refractivity (Wildman–Crippen MR) is 72.1 cm³/mol. The average molecular weight is 262 g/mol. The average Bonchev–Trinajstić information content (AvgIpc) is 2.48. The van der Waals surface area contributed by atoms with Gasteiger partial charge in [-0.25, -0.2) is 8.42 Å². The Bertz CT molecular complexity index is 304. The minimum Gasteiger partial charge on any atom is -0.314 e. The molecule has 1 rings (SSSR count). The summed E-state index contributed by atoms with van der Waals surface area (Å²) in [5, 5.41) is 3.49. The smallest absolute Gasteiger partial charge is 0.147 e. The lowest BCUT2D eigenvalue weighted by molar-refractivity contribution is 0.297. The molecule has 0 aromatic carbocycles. The highest BCUT2D eigenvalue weighted by Gasteiger charge is 2.15. The van der Waals surface area contributed by atoms with E-state index in [1.54, 1.807) is 0 Å².